The average Bonchev–Trinajstić information content (AvgIpc) is 3.05. The summed E-state index contributed by atoms with van der Waals surface area (Å²) in [5.41, 5.74) is 8.07. The number of carbonyl (C=O) groups excluding carboxylic acids is 1. The van der Waals surface area contributed by atoms with Crippen LogP contribution in [0, 0.1) is 0 Å². The lowest BCUT2D eigenvalue weighted by Gasteiger charge is -2.12. The smallest absolute Gasteiger partial charge is 0.251 e. The fourth-order valence-electron chi connectivity index (χ4n) is 3.50. The van der Waals surface area contributed by atoms with Crippen LogP contribution in [0.15, 0.2) is 18.5 Å². The van der Waals surface area contributed by atoms with Gasteiger partial charge in [-0.1, -0.05) is 0 Å². The molecule has 1 aliphatic carbocycles. The van der Waals surface area contributed by atoms with Crippen LogP contribution in [0.5, 0.6) is 11.5 Å². The van der Waals surface area contributed by atoms with Crippen molar-refractivity contribution in [3.8, 4) is 11.5 Å². The predicted octanol–water partition coefficient (Wildman–Crippen LogP) is 3.43. The van der Waals surface area contributed by atoms with Gasteiger partial charge in [0.2, 0.25) is 0 Å². The van der Waals surface area contributed by atoms with Gasteiger partial charge in [-0.15, -0.1) is 11.3 Å². The molecule has 3 aromatic rings. The summed E-state index contributed by atoms with van der Waals surface area (Å²) in [5.74, 6) is 1.37. The normalized spacial score (nSPS) is 13.3. The van der Waals surface area contributed by atoms with Gasteiger partial charge in [-0.2, -0.15) is 0 Å². The molecule has 0 atom stereocenters. The van der Waals surface area contributed by atoms with Gasteiger partial charge in [0.05, 0.1) is 25.3 Å². The number of primary amides is 1. The molecule has 140 valence electrons. The minimum absolute atomic E-state index is 0.408. The van der Waals surface area contributed by atoms with Crippen LogP contribution in [0.3, 0.4) is 0 Å². The van der Waals surface area contributed by atoms with Gasteiger partial charge in [0.25, 0.3) is 5.91 Å². The van der Waals surface area contributed by atoms with Crippen LogP contribution >= 0.6 is 11.3 Å². The third-order valence-electron chi connectivity index (χ3n) is 4.79. The van der Waals surface area contributed by atoms with Crippen LogP contribution in [0.4, 0.5) is 10.8 Å². The third kappa shape index (κ3) is 3.06. The van der Waals surface area contributed by atoms with E-state index in [-0.39, 0.29) is 0 Å². The van der Waals surface area contributed by atoms with Crippen LogP contribution in [0.1, 0.15) is 33.6 Å². The number of nitrogens with two attached hydrogens (primary N) is 1. The lowest BCUT2D eigenvalue weighted by Crippen LogP contribution is -2.15. The Bertz CT molecular complexity index is 1030. The molecule has 1 amide bonds. The topological polar surface area (TPSA) is 99.4 Å². The van der Waals surface area contributed by atoms with Crippen LogP contribution in [0.25, 0.3) is 10.9 Å². The number of aryl methyl sites for hydroxylation is 1. The summed E-state index contributed by atoms with van der Waals surface area (Å²) >= 11 is 1.58. The molecular formula is C19H20N4O3S. The number of thiophene rings is 1. The van der Waals surface area contributed by atoms with Crippen LogP contribution in [-0.4, -0.2) is 30.1 Å². The van der Waals surface area contributed by atoms with Gasteiger partial charge in [-0.25, -0.2) is 9.97 Å². The van der Waals surface area contributed by atoms with E-state index in [0.717, 1.165) is 41.6 Å². The number of nitrogens with one attached hydrogen (secondary N) is 1. The largest absolute Gasteiger partial charge is 0.493 e. The zero-order chi connectivity index (χ0) is 19.0. The average molecular weight is 384 g/mol. The minimum Gasteiger partial charge on any atom is -0.493 e. The Morgan fingerprint density at radius 2 is 1.89 bits per heavy atom. The van der Waals surface area contributed by atoms with E-state index in [4.69, 9.17) is 15.2 Å². The van der Waals surface area contributed by atoms with Crippen molar-refractivity contribution in [1.82, 2.24) is 9.97 Å². The third-order valence-corrected chi connectivity index (χ3v) is 6.00. The van der Waals surface area contributed by atoms with E-state index in [0.29, 0.717) is 28.4 Å². The second kappa shape index (κ2) is 7.03. The highest BCUT2D eigenvalue weighted by atomic mass is 32.1. The van der Waals surface area contributed by atoms with Gasteiger partial charge >= 0.3 is 0 Å². The number of anilines is 2. The summed E-state index contributed by atoms with van der Waals surface area (Å²) in [6.07, 6.45) is 5.57. The lowest BCUT2D eigenvalue weighted by atomic mass is 9.95. The monoisotopic (exact) mass is 384 g/mol. The van der Waals surface area contributed by atoms with E-state index in [2.05, 4.69) is 15.3 Å². The molecule has 1 aromatic carbocycles. The Morgan fingerprint density at radius 3 is 2.63 bits per heavy atom. The van der Waals surface area contributed by atoms with Crippen molar-refractivity contribution in [3.63, 3.8) is 0 Å². The zero-order valence-electron chi connectivity index (χ0n) is 15.2. The molecule has 2 heterocycles. The SMILES string of the molecule is COc1cc2ncnc(Nc3sc4c(c3C(N)=O)CCCC4)c2cc1OC. The van der Waals surface area contributed by atoms with Crippen molar-refractivity contribution in [2.75, 3.05) is 19.5 Å². The Labute approximate surface area is 160 Å². The van der Waals surface area contributed by atoms with Gasteiger partial charge in [0, 0.05) is 16.3 Å². The van der Waals surface area contributed by atoms with Gasteiger partial charge in [0.15, 0.2) is 11.5 Å². The fourth-order valence-corrected chi connectivity index (χ4v) is 4.80. The molecule has 0 bridgehead atoms. The Kier molecular flexibility index (Phi) is 4.57. The maximum Gasteiger partial charge on any atom is 0.251 e. The Morgan fingerprint density at radius 1 is 1.15 bits per heavy atom. The summed E-state index contributed by atoms with van der Waals surface area (Å²) in [6.45, 7) is 0. The number of ether oxygens (including phenoxy) is 2. The molecule has 27 heavy (non-hydrogen) atoms. The molecule has 0 aliphatic heterocycles. The van der Waals surface area contributed by atoms with E-state index < -0.39 is 5.91 Å². The van der Waals surface area contributed by atoms with Gasteiger partial charge in [-0.05, 0) is 37.3 Å². The number of carbonyl (C=O) groups is 1. The number of nitrogens with zero attached hydrogens (tertiary/aromatic N) is 2. The van der Waals surface area contributed by atoms with Gasteiger partial charge in [0.1, 0.15) is 17.1 Å². The second-order valence-corrected chi connectivity index (χ2v) is 7.46. The first-order chi connectivity index (χ1) is 13.1. The number of hydrogen-bond acceptors (Lipinski definition) is 7. The predicted molar refractivity (Wildman–Crippen MR) is 105 cm³/mol. The van der Waals surface area contributed by atoms with Crippen LogP contribution in [0.2, 0.25) is 0 Å². The Hall–Kier alpha value is -2.87. The molecule has 0 unspecified atom stereocenters. The van der Waals surface area contributed by atoms with Crippen molar-refractivity contribution in [3.05, 3.63) is 34.5 Å². The van der Waals surface area contributed by atoms with E-state index in [9.17, 15) is 4.79 Å². The van der Waals surface area contributed by atoms with Gasteiger partial charge < -0.3 is 20.5 Å². The summed E-state index contributed by atoms with van der Waals surface area (Å²) in [5, 5.41) is 4.83. The van der Waals surface area contributed by atoms with E-state index in [1.54, 1.807) is 31.6 Å². The number of fused-ring (bicyclic) bond motifs is 2. The minimum atomic E-state index is -0.408. The highest BCUT2D eigenvalue weighted by molar-refractivity contribution is 7.16. The van der Waals surface area contributed by atoms with Crippen molar-refractivity contribution in [2.45, 2.75) is 25.7 Å². The first-order valence-electron chi connectivity index (χ1n) is 8.70. The van der Waals surface area contributed by atoms with Crippen LogP contribution < -0.4 is 20.5 Å². The molecule has 0 spiro atoms. The first-order valence-corrected chi connectivity index (χ1v) is 9.52. The molecule has 1 aliphatic rings. The van der Waals surface area contributed by atoms with Crippen molar-refractivity contribution < 1.29 is 14.3 Å². The number of hydrogen-bond donors (Lipinski definition) is 2. The quantitative estimate of drug-likeness (QED) is 0.699. The number of methoxy groups -OCH3 is 2. The number of benzene rings is 1. The number of amides is 1. The number of aromatic nitrogens is 2. The lowest BCUT2D eigenvalue weighted by molar-refractivity contribution is 0.100. The Balaban J connectivity index is 1.82. The molecule has 0 radical (unpaired) electrons. The van der Waals surface area contributed by atoms with E-state index >= 15 is 0 Å². The molecule has 4 rings (SSSR count). The summed E-state index contributed by atoms with van der Waals surface area (Å²) in [7, 11) is 3.17. The molecule has 3 N–H and O–H groups in total. The molecule has 2 aromatic heterocycles. The van der Waals surface area contributed by atoms with Gasteiger partial charge in [-0.3, -0.25) is 4.79 Å². The summed E-state index contributed by atoms with van der Waals surface area (Å²) in [4.78, 5) is 22.0. The highest BCUT2D eigenvalue weighted by Crippen LogP contribution is 2.40. The molecule has 7 nitrogen and oxygen atoms in total. The second-order valence-electron chi connectivity index (χ2n) is 6.35. The van der Waals surface area contributed by atoms with Crippen molar-refractivity contribution in [2.24, 2.45) is 5.73 Å². The van der Waals surface area contributed by atoms with Crippen molar-refractivity contribution in [1.29, 1.82) is 0 Å². The summed E-state index contributed by atoms with van der Waals surface area (Å²) < 4.78 is 10.7. The zero-order valence-corrected chi connectivity index (χ0v) is 16.0. The molecule has 0 saturated carbocycles. The van der Waals surface area contributed by atoms with Crippen molar-refractivity contribution >= 4 is 39.0 Å². The first kappa shape index (κ1) is 17.5. The molecule has 8 heteroatoms. The maximum atomic E-state index is 12.1. The maximum absolute atomic E-state index is 12.1. The highest BCUT2D eigenvalue weighted by Gasteiger charge is 2.24. The molecule has 0 fully saturated rings. The van der Waals surface area contributed by atoms with Crippen LogP contribution in [-0.2, 0) is 12.8 Å². The number of rotatable bonds is 5. The van der Waals surface area contributed by atoms with E-state index in [1.807, 2.05) is 6.07 Å². The standard InChI is InChI=1S/C19H20N4O3S/c1-25-13-7-11-12(8-14(13)26-2)21-9-22-18(11)23-19-16(17(20)24)10-5-3-4-6-15(10)27-19/h7-9H,3-6H2,1-2H3,(H2,20,24)(H,21,22,23). The summed E-state index contributed by atoms with van der Waals surface area (Å²) in [6, 6.07) is 3.63. The molecule has 0 saturated heterocycles. The molecular weight excluding hydrogens is 364 g/mol. The van der Waals surface area contributed by atoms with E-state index in [1.165, 1.54) is 11.2 Å². The fraction of sp³-hybridized carbons (Fsp3) is 0.316.